The molecule has 88 valence electrons. The van der Waals surface area contributed by atoms with E-state index in [0.29, 0.717) is 12.0 Å². The minimum absolute atomic E-state index is 0.500. The van der Waals surface area contributed by atoms with Crippen molar-refractivity contribution in [3.05, 3.63) is 17.5 Å². The summed E-state index contributed by atoms with van der Waals surface area (Å²) in [5.41, 5.74) is 2.74. The molecule has 2 aliphatic rings. The zero-order valence-corrected chi connectivity index (χ0v) is 9.54. The van der Waals surface area contributed by atoms with Gasteiger partial charge in [0.05, 0.1) is 11.9 Å². The molecule has 2 N–H and O–H groups in total. The van der Waals surface area contributed by atoms with Crippen LogP contribution in [0.3, 0.4) is 0 Å². The van der Waals surface area contributed by atoms with E-state index in [9.17, 15) is 0 Å². The Morgan fingerprint density at radius 3 is 2.88 bits per heavy atom. The zero-order chi connectivity index (χ0) is 10.8. The molecule has 0 saturated carbocycles. The van der Waals surface area contributed by atoms with Gasteiger partial charge in [-0.15, -0.1) is 0 Å². The third-order valence-electron chi connectivity index (χ3n) is 3.77. The number of nitrogens with one attached hydrogen (secondary N) is 2. The number of aromatic nitrogens is 2. The maximum absolute atomic E-state index is 5.42. The summed E-state index contributed by atoms with van der Waals surface area (Å²) in [6.45, 7) is 2.93. The zero-order valence-electron chi connectivity index (χ0n) is 9.54. The molecule has 0 amide bonds. The van der Waals surface area contributed by atoms with Crippen LogP contribution in [-0.2, 0) is 4.74 Å². The Bertz CT molecular complexity index is 338. The smallest absolute Gasteiger partial charge is 0.0556 e. The van der Waals surface area contributed by atoms with Crippen LogP contribution in [0.1, 0.15) is 48.9 Å². The summed E-state index contributed by atoms with van der Waals surface area (Å²) < 4.78 is 5.42. The second-order valence-corrected chi connectivity index (χ2v) is 4.77. The van der Waals surface area contributed by atoms with Gasteiger partial charge in [0.15, 0.2) is 0 Å². The van der Waals surface area contributed by atoms with Gasteiger partial charge in [-0.2, -0.15) is 5.10 Å². The monoisotopic (exact) mass is 221 g/mol. The fourth-order valence-corrected chi connectivity index (χ4v) is 2.85. The molecule has 4 nitrogen and oxygen atoms in total. The molecule has 0 aromatic carbocycles. The summed E-state index contributed by atoms with van der Waals surface area (Å²) in [6, 6.07) is 0.500. The highest BCUT2D eigenvalue weighted by molar-refractivity contribution is 5.25. The predicted molar refractivity (Wildman–Crippen MR) is 61.4 cm³/mol. The van der Waals surface area contributed by atoms with Gasteiger partial charge >= 0.3 is 0 Å². The molecule has 2 saturated heterocycles. The maximum atomic E-state index is 5.42. The van der Waals surface area contributed by atoms with Gasteiger partial charge in [-0.3, -0.25) is 5.10 Å². The first kappa shape index (κ1) is 10.3. The summed E-state index contributed by atoms with van der Waals surface area (Å²) in [5.74, 6) is 0.643. The first-order valence-electron chi connectivity index (χ1n) is 6.29. The molecular weight excluding hydrogens is 202 g/mol. The number of aromatic amines is 1. The first-order chi connectivity index (χ1) is 7.95. The van der Waals surface area contributed by atoms with Crippen LogP contribution in [0.4, 0.5) is 0 Å². The third-order valence-corrected chi connectivity index (χ3v) is 3.77. The Morgan fingerprint density at radius 1 is 1.25 bits per heavy atom. The van der Waals surface area contributed by atoms with Gasteiger partial charge < -0.3 is 10.1 Å². The van der Waals surface area contributed by atoms with Crippen LogP contribution in [0.2, 0.25) is 0 Å². The summed E-state index contributed by atoms with van der Waals surface area (Å²) in [6.07, 6.45) is 6.80. The number of hydrogen-bond donors (Lipinski definition) is 2. The van der Waals surface area contributed by atoms with Crippen molar-refractivity contribution < 1.29 is 4.74 Å². The molecule has 4 heteroatoms. The molecule has 1 atom stereocenters. The summed E-state index contributed by atoms with van der Waals surface area (Å²) in [7, 11) is 0. The lowest BCUT2D eigenvalue weighted by atomic mass is 9.90. The second kappa shape index (κ2) is 4.55. The SMILES string of the molecule is c1n[nH]c(C2CCCN2)c1C1CCOCC1. The fraction of sp³-hybridized carbons (Fsp3) is 0.750. The van der Waals surface area contributed by atoms with Gasteiger partial charge in [-0.1, -0.05) is 0 Å². The van der Waals surface area contributed by atoms with Gasteiger partial charge in [0.25, 0.3) is 0 Å². The molecule has 1 aromatic heterocycles. The van der Waals surface area contributed by atoms with Crippen molar-refractivity contribution in [3.63, 3.8) is 0 Å². The van der Waals surface area contributed by atoms with Gasteiger partial charge in [-0.05, 0) is 43.7 Å². The van der Waals surface area contributed by atoms with E-state index in [0.717, 1.165) is 32.6 Å². The molecular formula is C12H19N3O. The predicted octanol–water partition coefficient (Wildman–Crippen LogP) is 1.73. The Balaban J connectivity index is 1.80. The lowest BCUT2D eigenvalue weighted by molar-refractivity contribution is 0.0851. The molecule has 2 aliphatic heterocycles. The molecule has 0 radical (unpaired) electrons. The molecule has 3 rings (SSSR count). The van der Waals surface area contributed by atoms with E-state index in [1.54, 1.807) is 0 Å². The first-order valence-corrected chi connectivity index (χ1v) is 6.29. The van der Waals surface area contributed by atoms with Crippen LogP contribution in [0.5, 0.6) is 0 Å². The minimum Gasteiger partial charge on any atom is -0.381 e. The molecule has 0 bridgehead atoms. The van der Waals surface area contributed by atoms with Gasteiger partial charge in [0, 0.05) is 19.3 Å². The van der Waals surface area contributed by atoms with E-state index in [-0.39, 0.29) is 0 Å². The number of H-pyrrole nitrogens is 1. The lowest BCUT2D eigenvalue weighted by Crippen LogP contribution is -2.19. The van der Waals surface area contributed by atoms with Crippen molar-refractivity contribution in [2.24, 2.45) is 0 Å². The minimum atomic E-state index is 0.500. The normalized spacial score (nSPS) is 27.4. The van der Waals surface area contributed by atoms with Crippen LogP contribution < -0.4 is 5.32 Å². The fourth-order valence-electron chi connectivity index (χ4n) is 2.85. The molecule has 2 fully saturated rings. The molecule has 1 aromatic rings. The lowest BCUT2D eigenvalue weighted by Gasteiger charge is -2.23. The standard InChI is InChI=1S/C12H19N3O/c1-2-11(13-5-1)12-10(8-14-15-12)9-3-6-16-7-4-9/h8-9,11,13H,1-7H2,(H,14,15). The Morgan fingerprint density at radius 2 is 2.12 bits per heavy atom. The van der Waals surface area contributed by atoms with Gasteiger partial charge in [-0.25, -0.2) is 0 Å². The van der Waals surface area contributed by atoms with E-state index in [2.05, 4.69) is 15.5 Å². The molecule has 0 aliphatic carbocycles. The highest BCUT2D eigenvalue weighted by Crippen LogP contribution is 2.33. The number of rotatable bonds is 2. The quantitative estimate of drug-likeness (QED) is 0.799. The number of hydrogen-bond acceptors (Lipinski definition) is 3. The topological polar surface area (TPSA) is 49.9 Å². The number of nitrogens with zero attached hydrogens (tertiary/aromatic N) is 1. The summed E-state index contributed by atoms with van der Waals surface area (Å²) in [4.78, 5) is 0. The van der Waals surface area contributed by atoms with Crippen LogP contribution in [-0.4, -0.2) is 30.0 Å². The van der Waals surface area contributed by atoms with Crippen LogP contribution in [0.15, 0.2) is 6.20 Å². The number of ether oxygens (including phenoxy) is 1. The largest absolute Gasteiger partial charge is 0.381 e. The Kier molecular flexibility index (Phi) is 2.93. The molecule has 3 heterocycles. The average molecular weight is 221 g/mol. The van der Waals surface area contributed by atoms with Crippen molar-refractivity contribution in [2.45, 2.75) is 37.6 Å². The van der Waals surface area contributed by atoms with Crippen LogP contribution in [0, 0.1) is 0 Å². The van der Waals surface area contributed by atoms with Crippen LogP contribution in [0.25, 0.3) is 0 Å². The van der Waals surface area contributed by atoms with E-state index in [1.165, 1.54) is 24.1 Å². The van der Waals surface area contributed by atoms with Crippen molar-refractivity contribution in [3.8, 4) is 0 Å². The van der Waals surface area contributed by atoms with Crippen molar-refractivity contribution in [1.82, 2.24) is 15.5 Å². The van der Waals surface area contributed by atoms with Crippen molar-refractivity contribution in [2.75, 3.05) is 19.8 Å². The van der Waals surface area contributed by atoms with Gasteiger partial charge in [0.2, 0.25) is 0 Å². The van der Waals surface area contributed by atoms with Gasteiger partial charge in [0.1, 0.15) is 0 Å². The average Bonchev–Trinajstić information content (AvgIpc) is 3.01. The van der Waals surface area contributed by atoms with Crippen molar-refractivity contribution >= 4 is 0 Å². The summed E-state index contributed by atoms with van der Waals surface area (Å²) in [5, 5.41) is 11.0. The van der Waals surface area contributed by atoms with E-state index in [1.807, 2.05) is 6.20 Å². The Hall–Kier alpha value is -0.870. The maximum Gasteiger partial charge on any atom is 0.0556 e. The highest BCUT2D eigenvalue weighted by Gasteiger charge is 2.26. The van der Waals surface area contributed by atoms with E-state index in [4.69, 9.17) is 4.74 Å². The summed E-state index contributed by atoms with van der Waals surface area (Å²) >= 11 is 0. The molecule has 0 spiro atoms. The Labute approximate surface area is 95.8 Å². The van der Waals surface area contributed by atoms with Crippen LogP contribution >= 0.6 is 0 Å². The molecule has 1 unspecified atom stereocenters. The van der Waals surface area contributed by atoms with E-state index < -0.39 is 0 Å². The van der Waals surface area contributed by atoms with E-state index >= 15 is 0 Å². The highest BCUT2D eigenvalue weighted by atomic mass is 16.5. The van der Waals surface area contributed by atoms with Crippen molar-refractivity contribution in [1.29, 1.82) is 0 Å². The third kappa shape index (κ3) is 1.87. The second-order valence-electron chi connectivity index (χ2n) is 4.77. The molecule has 16 heavy (non-hydrogen) atoms.